The molecule has 4 aromatic rings. The first-order valence-corrected chi connectivity index (χ1v) is 9.03. The van der Waals surface area contributed by atoms with Crippen LogP contribution < -0.4 is 15.2 Å². The van der Waals surface area contributed by atoms with Crippen molar-refractivity contribution >= 4 is 27.5 Å². The van der Waals surface area contributed by atoms with Crippen LogP contribution in [0, 0.1) is 0 Å². The molecule has 5 heteroatoms. The van der Waals surface area contributed by atoms with Gasteiger partial charge in [0.05, 0.1) is 25.3 Å². The Kier molecular flexibility index (Phi) is 5.50. The molecule has 5 nitrogen and oxygen atoms in total. The third-order valence-electron chi connectivity index (χ3n) is 4.43. The van der Waals surface area contributed by atoms with Crippen molar-refractivity contribution in [2.24, 2.45) is 0 Å². The second-order valence-electron chi connectivity index (χ2n) is 5.97. The number of nitrogens with zero attached hydrogens (tertiary/aromatic N) is 2. The number of pyridine rings is 1. The summed E-state index contributed by atoms with van der Waals surface area (Å²) in [6.07, 6.45) is 3.97. The maximum absolute atomic E-state index is 5.78. The molecule has 0 fully saturated rings. The first kappa shape index (κ1) is 18.6. The molecule has 2 aromatic carbocycles. The van der Waals surface area contributed by atoms with Gasteiger partial charge in [0.1, 0.15) is 0 Å². The summed E-state index contributed by atoms with van der Waals surface area (Å²) in [4.78, 5) is 4.56. The fourth-order valence-corrected chi connectivity index (χ4v) is 3.16. The van der Waals surface area contributed by atoms with Crippen molar-refractivity contribution in [3.05, 3.63) is 60.4 Å². The van der Waals surface area contributed by atoms with E-state index in [1.165, 1.54) is 5.56 Å². The van der Waals surface area contributed by atoms with E-state index in [9.17, 15) is 0 Å². The second kappa shape index (κ2) is 7.99. The average Bonchev–Trinajstić information content (AvgIpc) is 3.13. The summed E-state index contributed by atoms with van der Waals surface area (Å²) < 4.78 is 13.1. The maximum Gasteiger partial charge on any atom is 0.162 e. The van der Waals surface area contributed by atoms with E-state index in [1.807, 2.05) is 56.4 Å². The third kappa shape index (κ3) is 3.53. The van der Waals surface area contributed by atoms with Gasteiger partial charge in [-0.15, -0.1) is 0 Å². The van der Waals surface area contributed by atoms with Gasteiger partial charge >= 0.3 is 0 Å². The lowest BCUT2D eigenvalue weighted by Gasteiger charge is -2.12. The van der Waals surface area contributed by atoms with Gasteiger partial charge < -0.3 is 19.8 Å². The highest BCUT2D eigenvalue weighted by Gasteiger charge is 2.12. The number of benzene rings is 2. The van der Waals surface area contributed by atoms with Gasteiger partial charge in [-0.3, -0.25) is 4.98 Å². The van der Waals surface area contributed by atoms with Crippen LogP contribution in [0.4, 0.5) is 5.69 Å². The highest BCUT2D eigenvalue weighted by molar-refractivity contribution is 6.04. The van der Waals surface area contributed by atoms with Crippen molar-refractivity contribution in [3.8, 4) is 11.5 Å². The Morgan fingerprint density at radius 1 is 0.963 bits per heavy atom. The fourth-order valence-electron chi connectivity index (χ4n) is 3.16. The molecule has 0 radical (unpaired) electrons. The van der Waals surface area contributed by atoms with Gasteiger partial charge in [-0.05, 0) is 29.8 Å². The molecule has 4 rings (SSSR count). The molecule has 0 atom stereocenters. The number of methoxy groups -OCH3 is 2. The minimum absolute atomic E-state index is 0.679. The second-order valence-corrected chi connectivity index (χ2v) is 5.97. The Balaban J connectivity index is 0.00000102. The molecule has 2 N–H and O–H groups in total. The largest absolute Gasteiger partial charge is 0.493 e. The van der Waals surface area contributed by atoms with Crippen LogP contribution in [0.2, 0.25) is 0 Å². The predicted molar refractivity (Wildman–Crippen MR) is 112 cm³/mol. The van der Waals surface area contributed by atoms with Crippen LogP contribution >= 0.6 is 0 Å². The summed E-state index contributed by atoms with van der Waals surface area (Å²) >= 11 is 0. The smallest absolute Gasteiger partial charge is 0.162 e. The lowest BCUT2D eigenvalue weighted by Crippen LogP contribution is -1.99. The summed E-state index contributed by atoms with van der Waals surface area (Å²) in [5, 5.41) is 2.13. The monoisotopic (exact) mass is 363 g/mol. The highest BCUT2D eigenvalue weighted by Crippen LogP contribution is 2.35. The molecule has 0 unspecified atom stereocenters. The zero-order valence-electron chi connectivity index (χ0n) is 16.2. The highest BCUT2D eigenvalue weighted by atomic mass is 16.5. The molecule has 140 valence electrons. The third-order valence-corrected chi connectivity index (χ3v) is 4.43. The van der Waals surface area contributed by atoms with E-state index < -0.39 is 0 Å². The lowest BCUT2D eigenvalue weighted by molar-refractivity contribution is 0.356. The van der Waals surface area contributed by atoms with Crippen molar-refractivity contribution in [1.29, 1.82) is 0 Å². The van der Waals surface area contributed by atoms with E-state index >= 15 is 0 Å². The van der Waals surface area contributed by atoms with Gasteiger partial charge in [-0.25, -0.2) is 0 Å². The number of hydrogen-bond acceptors (Lipinski definition) is 4. The van der Waals surface area contributed by atoms with Gasteiger partial charge in [0, 0.05) is 41.5 Å². The topological polar surface area (TPSA) is 62.3 Å². The SMILES string of the molecule is CC.COc1cc2ncc3ccn(Cc4ccc(N)cc4)c3c2cc1OC. The number of fused-ring (bicyclic) bond motifs is 3. The molecule has 2 heterocycles. The fraction of sp³-hybridized carbons (Fsp3) is 0.227. The molecule has 0 aliphatic heterocycles. The molecule has 0 amide bonds. The van der Waals surface area contributed by atoms with Crippen LogP contribution in [-0.2, 0) is 6.54 Å². The van der Waals surface area contributed by atoms with Gasteiger partial charge in [0.15, 0.2) is 11.5 Å². The van der Waals surface area contributed by atoms with Crippen LogP contribution in [0.25, 0.3) is 21.8 Å². The molecule has 0 bridgehead atoms. The molecular weight excluding hydrogens is 338 g/mol. The van der Waals surface area contributed by atoms with Crippen LogP contribution in [0.1, 0.15) is 19.4 Å². The summed E-state index contributed by atoms with van der Waals surface area (Å²) in [5.41, 5.74) is 9.75. The maximum atomic E-state index is 5.78. The number of anilines is 1. The summed E-state index contributed by atoms with van der Waals surface area (Å²) in [7, 11) is 3.27. The van der Waals surface area contributed by atoms with E-state index in [0.717, 1.165) is 34.0 Å². The van der Waals surface area contributed by atoms with Crippen LogP contribution in [0.15, 0.2) is 54.9 Å². The number of aromatic nitrogens is 2. The Morgan fingerprint density at radius 3 is 2.30 bits per heavy atom. The molecule has 0 saturated heterocycles. The summed E-state index contributed by atoms with van der Waals surface area (Å²) in [5.74, 6) is 1.38. The molecule has 0 spiro atoms. The minimum Gasteiger partial charge on any atom is -0.493 e. The Hall–Kier alpha value is -3.21. The van der Waals surface area contributed by atoms with Crippen LogP contribution in [0.5, 0.6) is 11.5 Å². The Morgan fingerprint density at radius 2 is 1.63 bits per heavy atom. The van der Waals surface area contributed by atoms with E-state index in [2.05, 4.69) is 21.8 Å². The number of ether oxygens (including phenoxy) is 2. The van der Waals surface area contributed by atoms with Gasteiger partial charge in [0.25, 0.3) is 0 Å². The molecular formula is C22H25N3O2. The van der Waals surface area contributed by atoms with Crippen LogP contribution in [-0.4, -0.2) is 23.8 Å². The van der Waals surface area contributed by atoms with Crippen LogP contribution in [0.3, 0.4) is 0 Å². The zero-order chi connectivity index (χ0) is 19.4. The average molecular weight is 363 g/mol. The van der Waals surface area contributed by atoms with Crippen molar-refractivity contribution in [2.45, 2.75) is 20.4 Å². The first-order chi connectivity index (χ1) is 13.2. The molecule has 0 saturated carbocycles. The first-order valence-electron chi connectivity index (χ1n) is 9.03. The summed E-state index contributed by atoms with van der Waals surface area (Å²) in [6, 6.07) is 13.9. The number of nitrogens with two attached hydrogens (primary N) is 1. The van der Waals surface area contributed by atoms with E-state index in [0.29, 0.717) is 11.5 Å². The Labute approximate surface area is 159 Å². The lowest BCUT2D eigenvalue weighted by atomic mass is 10.1. The Bertz CT molecular complexity index is 1050. The number of rotatable bonds is 4. The van der Waals surface area contributed by atoms with Crippen molar-refractivity contribution < 1.29 is 9.47 Å². The molecule has 0 aliphatic carbocycles. The normalized spacial score (nSPS) is 10.5. The van der Waals surface area contributed by atoms with Gasteiger partial charge in [-0.1, -0.05) is 26.0 Å². The molecule has 27 heavy (non-hydrogen) atoms. The standard InChI is InChI=1S/C20H19N3O2.C2H6/c1-24-18-9-16-17(10-19(18)25-2)22-11-14-7-8-23(20(14)16)12-13-3-5-15(21)6-4-13;1-2/h3-11H,12,21H2,1-2H3;1-2H3. The van der Waals surface area contributed by atoms with E-state index in [4.69, 9.17) is 15.2 Å². The number of hydrogen-bond donors (Lipinski definition) is 1. The predicted octanol–water partition coefficient (Wildman–Crippen LogP) is 4.86. The van der Waals surface area contributed by atoms with Gasteiger partial charge in [-0.2, -0.15) is 0 Å². The van der Waals surface area contributed by atoms with Crippen molar-refractivity contribution in [3.63, 3.8) is 0 Å². The van der Waals surface area contributed by atoms with Gasteiger partial charge in [0.2, 0.25) is 0 Å². The molecule has 0 aliphatic rings. The quantitative estimate of drug-likeness (QED) is 0.526. The van der Waals surface area contributed by atoms with Crippen molar-refractivity contribution in [1.82, 2.24) is 9.55 Å². The zero-order valence-corrected chi connectivity index (χ0v) is 16.2. The van der Waals surface area contributed by atoms with E-state index in [-0.39, 0.29) is 0 Å². The molecule has 2 aromatic heterocycles. The van der Waals surface area contributed by atoms with E-state index in [1.54, 1.807) is 14.2 Å². The van der Waals surface area contributed by atoms with Crippen molar-refractivity contribution in [2.75, 3.05) is 20.0 Å². The summed E-state index contributed by atoms with van der Waals surface area (Å²) in [6.45, 7) is 4.76. The minimum atomic E-state index is 0.679. The number of nitrogen functional groups attached to an aromatic ring is 1.